The third-order valence-corrected chi connectivity index (χ3v) is 2.81. The van der Waals surface area contributed by atoms with E-state index in [-0.39, 0.29) is 12.1 Å². The second kappa shape index (κ2) is 7.79. The molecule has 0 heterocycles. The van der Waals surface area contributed by atoms with Crippen LogP contribution in [0.4, 0.5) is 4.79 Å². The molecule has 0 saturated heterocycles. The molecule has 2 unspecified atom stereocenters. The van der Waals surface area contributed by atoms with Gasteiger partial charge in [-0.1, -0.05) is 44.2 Å². The van der Waals surface area contributed by atoms with Crippen molar-refractivity contribution in [2.75, 3.05) is 6.54 Å². The third kappa shape index (κ3) is 6.25. The fraction of sp³-hybridized carbons (Fsp3) is 0.533. The van der Waals surface area contributed by atoms with Gasteiger partial charge in [0, 0.05) is 12.6 Å². The molecule has 0 fully saturated rings. The quantitative estimate of drug-likeness (QED) is 0.739. The Kier molecular flexibility index (Phi) is 6.36. The van der Waals surface area contributed by atoms with Crippen LogP contribution in [0.5, 0.6) is 0 Å². The number of hydrogen-bond donors (Lipinski definition) is 3. The molecule has 0 aromatic heterocycles. The molecular formula is C15H24N2O2. The highest BCUT2D eigenvalue weighted by molar-refractivity contribution is 5.74. The van der Waals surface area contributed by atoms with Crippen molar-refractivity contribution in [3.05, 3.63) is 35.9 Å². The lowest BCUT2D eigenvalue weighted by molar-refractivity contribution is 0.154. The Labute approximate surface area is 115 Å². The Morgan fingerprint density at radius 2 is 1.84 bits per heavy atom. The van der Waals surface area contributed by atoms with E-state index in [2.05, 4.69) is 10.6 Å². The molecule has 0 radical (unpaired) electrons. The van der Waals surface area contributed by atoms with Crippen molar-refractivity contribution < 1.29 is 9.90 Å². The number of amides is 2. The van der Waals surface area contributed by atoms with Crippen LogP contribution in [0.2, 0.25) is 0 Å². The maximum absolute atomic E-state index is 11.6. The molecular weight excluding hydrogens is 240 g/mol. The van der Waals surface area contributed by atoms with Crippen molar-refractivity contribution in [1.29, 1.82) is 0 Å². The molecule has 1 aromatic rings. The molecule has 0 aliphatic rings. The first-order valence-corrected chi connectivity index (χ1v) is 6.76. The second-order valence-corrected chi connectivity index (χ2v) is 5.31. The molecule has 0 spiro atoms. The van der Waals surface area contributed by atoms with Crippen LogP contribution in [0.25, 0.3) is 0 Å². The Balaban J connectivity index is 2.34. The number of carbonyl (C=O) groups excluding carboxylic acids is 1. The Hall–Kier alpha value is -1.55. The number of aliphatic hydroxyl groups is 1. The van der Waals surface area contributed by atoms with Crippen molar-refractivity contribution in [2.24, 2.45) is 5.92 Å². The van der Waals surface area contributed by atoms with Crippen LogP contribution < -0.4 is 10.6 Å². The Morgan fingerprint density at radius 1 is 1.21 bits per heavy atom. The monoisotopic (exact) mass is 264 g/mol. The topological polar surface area (TPSA) is 61.4 Å². The zero-order chi connectivity index (χ0) is 14.3. The molecule has 19 heavy (non-hydrogen) atoms. The van der Waals surface area contributed by atoms with Crippen LogP contribution in [-0.2, 0) is 0 Å². The van der Waals surface area contributed by atoms with E-state index < -0.39 is 6.10 Å². The van der Waals surface area contributed by atoms with E-state index >= 15 is 0 Å². The van der Waals surface area contributed by atoms with Crippen LogP contribution in [-0.4, -0.2) is 23.7 Å². The zero-order valence-electron chi connectivity index (χ0n) is 11.9. The fourth-order valence-corrected chi connectivity index (χ4v) is 1.78. The van der Waals surface area contributed by atoms with Gasteiger partial charge in [-0.05, 0) is 24.8 Å². The van der Waals surface area contributed by atoms with Gasteiger partial charge >= 0.3 is 6.03 Å². The molecule has 4 heteroatoms. The van der Waals surface area contributed by atoms with E-state index in [4.69, 9.17) is 0 Å². The maximum atomic E-state index is 11.6. The summed E-state index contributed by atoms with van der Waals surface area (Å²) < 4.78 is 0. The number of rotatable bonds is 6. The second-order valence-electron chi connectivity index (χ2n) is 5.31. The van der Waals surface area contributed by atoms with Gasteiger partial charge < -0.3 is 15.7 Å². The summed E-state index contributed by atoms with van der Waals surface area (Å²) >= 11 is 0. The highest BCUT2D eigenvalue weighted by atomic mass is 16.3. The maximum Gasteiger partial charge on any atom is 0.315 e. The van der Waals surface area contributed by atoms with E-state index in [0.717, 1.165) is 5.56 Å². The largest absolute Gasteiger partial charge is 0.388 e. The molecule has 1 aromatic carbocycles. The van der Waals surface area contributed by atoms with E-state index in [0.29, 0.717) is 18.9 Å². The van der Waals surface area contributed by atoms with Gasteiger partial charge in [-0.15, -0.1) is 0 Å². The fourth-order valence-electron chi connectivity index (χ4n) is 1.78. The summed E-state index contributed by atoms with van der Waals surface area (Å²) in [5.74, 6) is 0.427. The van der Waals surface area contributed by atoms with E-state index in [9.17, 15) is 9.90 Å². The minimum atomic E-state index is -0.554. The van der Waals surface area contributed by atoms with E-state index in [1.165, 1.54) is 0 Å². The van der Waals surface area contributed by atoms with Gasteiger partial charge in [-0.2, -0.15) is 0 Å². The van der Waals surface area contributed by atoms with Gasteiger partial charge in [0.1, 0.15) is 0 Å². The average molecular weight is 264 g/mol. The highest BCUT2D eigenvalue weighted by Gasteiger charge is 2.14. The van der Waals surface area contributed by atoms with Crippen molar-refractivity contribution >= 4 is 6.03 Å². The summed E-state index contributed by atoms with van der Waals surface area (Å²) in [7, 11) is 0. The molecule has 3 N–H and O–H groups in total. The van der Waals surface area contributed by atoms with Crippen LogP contribution in [0.3, 0.4) is 0 Å². The number of urea groups is 1. The van der Waals surface area contributed by atoms with Gasteiger partial charge in [-0.3, -0.25) is 0 Å². The first kappa shape index (κ1) is 15.5. The SMILES string of the molecule is CC(C)CNC(=O)NC(C)CC(O)c1ccccc1. The Morgan fingerprint density at radius 3 is 2.42 bits per heavy atom. The summed E-state index contributed by atoms with van der Waals surface area (Å²) in [5, 5.41) is 15.7. The number of benzene rings is 1. The molecule has 1 rings (SSSR count). The highest BCUT2D eigenvalue weighted by Crippen LogP contribution is 2.17. The molecule has 4 nitrogen and oxygen atoms in total. The zero-order valence-corrected chi connectivity index (χ0v) is 11.9. The van der Waals surface area contributed by atoms with E-state index in [1.54, 1.807) is 0 Å². The van der Waals surface area contributed by atoms with Gasteiger partial charge in [0.15, 0.2) is 0 Å². The number of aliphatic hydroxyl groups excluding tert-OH is 1. The number of hydrogen-bond acceptors (Lipinski definition) is 2. The lowest BCUT2D eigenvalue weighted by atomic mass is 10.0. The molecule has 0 aliphatic heterocycles. The first-order valence-electron chi connectivity index (χ1n) is 6.76. The number of nitrogens with one attached hydrogen (secondary N) is 2. The predicted molar refractivity (Wildman–Crippen MR) is 76.9 cm³/mol. The van der Waals surface area contributed by atoms with Gasteiger partial charge in [0.05, 0.1) is 6.10 Å². The summed E-state index contributed by atoms with van der Waals surface area (Å²) in [6.07, 6.45) is -0.0550. The first-order chi connectivity index (χ1) is 8.99. The predicted octanol–water partition coefficient (Wildman–Crippen LogP) is 2.45. The van der Waals surface area contributed by atoms with Crippen molar-refractivity contribution in [3.63, 3.8) is 0 Å². The lowest BCUT2D eigenvalue weighted by Gasteiger charge is -2.19. The summed E-state index contributed by atoms with van der Waals surface area (Å²) in [4.78, 5) is 11.6. The summed E-state index contributed by atoms with van der Waals surface area (Å²) in [6.45, 7) is 6.63. The minimum absolute atomic E-state index is 0.0811. The minimum Gasteiger partial charge on any atom is -0.388 e. The average Bonchev–Trinajstić information content (AvgIpc) is 2.37. The standard InChI is InChI=1S/C15H24N2O2/c1-11(2)10-16-15(19)17-12(3)9-14(18)13-7-5-4-6-8-13/h4-8,11-12,14,18H,9-10H2,1-3H3,(H2,16,17,19). The molecule has 2 amide bonds. The van der Waals surface area contributed by atoms with Gasteiger partial charge in [0.25, 0.3) is 0 Å². The van der Waals surface area contributed by atoms with Crippen LogP contribution in [0, 0.1) is 5.92 Å². The smallest absolute Gasteiger partial charge is 0.315 e. The third-order valence-electron chi connectivity index (χ3n) is 2.81. The van der Waals surface area contributed by atoms with Crippen molar-refractivity contribution in [2.45, 2.75) is 39.3 Å². The van der Waals surface area contributed by atoms with Gasteiger partial charge in [0.2, 0.25) is 0 Å². The molecule has 106 valence electrons. The van der Waals surface area contributed by atoms with Crippen LogP contribution in [0.15, 0.2) is 30.3 Å². The van der Waals surface area contributed by atoms with Crippen molar-refractivity contribution in [1.82, 2.24) is 10.6 Å². The van der Waals surface area contributed by atoms with Crippen molar-refractivity contribution in [3.8, 4) is 0 Å². The van der Waals surface area contributed by atoms with E-state index in [1.807, 2.05) is 51.1 Å². The normalized spacial score (nSPS) is 13.9. The van der Waals surface area contributed by atoms with Gasteiger partial charge in [-0.25, -0.2) is 4.79 Å². The van der Waals surface area contributed by atoms with Crippen LogP contribution >= 0.6 is 0 Å². The summed E-state index contributed by atoms with van der Waals surface area (Å²) in [6, 6.07) is 9.21. The number of carbonyl (C=O) groups is 1. The molecule has 2 atom stereocenters. The summed E-state index contributed by atoms with van der Waals surface area (Å²) in [5.41, 5.74) is 0.874. The lowest BCUT2D eigenvalue weighted by Crippen LogP contribution is -2.42. The molecule has 0 aliphatic carbocycles. The Bertz CT molecular complexity index is 379. The molecule has 0 saturated carbocycles. The van der Waals surface area contributed by atoms with Crippen LogP contribution in [0.1, 0.15) is 38.9 Å². The molecule has 0 bridgehead atoms.